The van der Waals surface area contributed by atoms with Crippen molar-refractivity contribution in [2.24, 2.45) is 5.92 Å². The zero-order valence-electron chi connectivity index (χ0n) is 12.0. The number of aromatic nitrogens is 2. The lowest BCUT2D eigenvalue weighted by Gasteiger charge is -2.30. The van der Waals surface area contributed by atoms with Crippen LogP contribution in [0.3, 0.4) is 0 Å². The number of carbonyl (C=O) groups is 2. The van der Waals surface area contributed by atoms with Crippen molar-refractivity contribution in [2.45, 2.75) is 32.6 Å². The fourth-order valence-corrected chi connectivity index (χ4v) is 2.46. The molecular formula is C14H18ClN3O3. The van der Waals surface area contributed by atoms with Gasteiger partial charge < -0.3 is 10.0 Å². The monoisotopic (exact) mass is 311 g/mol. The van der Waals surface area contributed by atoms with Crippen LogP contribution < -0.4 is 0 Å². The summed E-state index contributed by atoms with van der Waals surface area (Å²) in [6.45, 7) is 4.70. The first-order valence-electron chi connectivity index (χ1n) is 6.94. The van der Waals surface area contributed by atoms with Gasteiger partial charge in [0.25, 0.3) is 5.91 Å². The summed E-state index contributed by atoms with van der Waals surface area (Å²) in [5.41, 5.74) is 0.198. The van der Waals surface area contributed by atoms with E-state index in [-0.39, 0.29) is 28.5 Å². The van der Waals surface area contributed by atoms with Gasteiger partial charge in [0.2, 0.25) is 0 Å². The highest BCUT2D eigenvalue weighted by atomic mass is 35.5. The topological polar surface area (TPSA) is 83.4 Å². The Morgan fingerprint density at radius 3 is 2.52 bits per heavy atom. The highest BCUT2D eigenvalue weighted by Crippen LogP contribution is 2.22. The molecule has 1 amide bonds. The first kappa shape index (κ1) is 15.7. The van der Waals surface area contributed by atoms with E-state index in [1.807, 2.05) is 13.8 Å². The van der Waals surface area contributed by atoms with Gasteiger partial charge in [-0.1, -0.05) is 25.4 Å². The standard InChI is InChI=1S/C14H18ClN3O3/c1-8(2)12-16-7-10(15)11(17-12)13(19)18-5-3-9(4-6-18)14(20)21/h7-9H,3-6H2,1-2H3,(H,20,21). The lowest BCUT2D eigenvalue weighted by atomic mass is 9.97. The van der Waals surface area contributed by atoms with Gasteiger partial charge in [0.15, 0.2) is 5.69 Å². The molecule has 1 aromatic heterocycles. The molecular weight excluding hydrogens is 294 g/mol. The smallest absolute Gasteiger partial charge is 0.306 e. The highest BCUT2D eigenvalue weighted by molar-refractivity contribution is 6.33. The quantitative estimate of drug-likeness (QED) is 0.925. The summed E-state index contributed by atoms with van der Waals surface area (Å²) in [6.07, 6.45) is 2.36. The molecule has 1 fully saturated rings. The average Bonchev–Trinajstić information content (AvgIpc) is 2.47. The number of carboxylic acids is 1. The number of halogens is 1. The Balaban J connectivity index is 2.14. The number of hydrogen-bond acceptors (Lipinski definition) is 4. The van der Waals surface area contributed by atoms with Crippen LogP contribution in [0.15, 0.2) is 6.20 Å². The van der Waals surface area contributed by atoms with Crippen molar-refractivity contribution >= 4 is 23.5 Å². The lowest BCUT2D eigenvalue weighted by Crippen LogP contribution is -2.40. The van der Waals surface area contributed by atoms with E-state index in [4.69, 9.17) is 16.7 Å². The molecule has 0 spiro atoms. The zero-order chi connectivity index (χ0) is 15.6. The summed E-state index contributed by atoms with van der Waals surface area (Å²) in [5, 5.41) is 9.20. The van der Waals surface area contributed by atoms with Crippen molar-refractivity contribution in [3.05, 3.63) is 22.7 Å². The largest absolute Gasteiger partial charge is 0.481 e. The lowest BCUT2D eigenvalue weighted by molar-refractivity contribution is -0.143. The first-order valence-corrected chi connectivity index (χ1v) is 7.32. The minimum absolute atomic E-state index is 0.103. The zero-order valence-corrected chi connectivity index (χ0v) is 12.8. The van der Waals surface area contributed by atoms with E-state index in [0.717, 1.165) is 0 Å². The number of nitrogens with zero attached hydrogens (tertiary/aromatic N) is 3. The highest BCUT2D eigenvalue weighted by Gasteiger charge is 2.29. The molecule has 0 atom stereocenters. The molecule has 0 bridgehead atoms. The molecule has 1 saturated heterocycles. The van der Waals surface area contributed by atoms with Crippen LogP contribution in [-0.4, -0.2) is 44.9 Å². The van der Waals surface area contributed by atoms with Gasteiger partial charge in [-0.05, 0) is 12.8 Å². The fraction of sp³-hybridized carbons (Fsp3) is 0.571. The third-order valence-corrected chi connectivity index (χ3v) is 3.89. The van der Waals surface area contributed by atoms with Gasteiger partial charge >= 0.3 is 5.97 Å². The number of piperidine rings is 1. The molecule has 0 aromatic carbocycles. The summed E-state index contributed by atoms with van der Waals surface area (Å²) < 4.78 is 0. The number of likely N-dealkylation sites (tertiary alicyclic amines) is 1. The van der Waals surface area contributed by atoms with E-state index in [1.165, 1.54) is 6.20 Å². The van der Waals surface area contributed by atoms with Crippen LogP contribution in [0.25, 0.3) is 0 Å². The molecule has 1 N–H and O–H groups in total. The molecule has 6 nitrogen and oxygen atoms in total. The van der Waals surface area contributed by atoms with Gasteiger partial charge in [-0.15, -0.1) is 0 Å². The maximum Gasteiger partial charge on any atom is 0.306 e. The van der Waals surface area contributed by atoms with Gasteiger partial charge in [0.1, 0.15) is 5.82 Å². The Labute approximate surface area is 128 Å². The summed E-state index contributed by atoms with van der Waals surface area (Å²) in [7, 11) is 0. The van der Waals surface area contributed by atoms with Gasteiger partial charge in [0, 0.05) is 19.0 Å². The summed E-state index contributed by atoms with van der Waals surface area (Å²) in [5.74, 6) is -0.756. The summed E-state index contributed by atoms with van der Waals surface area (Å²) >= 11 is 6.03. The molecule has 21 heavy (non-hydrogen) atoms. The van der Waals surface area contributed by atoms with Crippen LogP contribution in [0, 0.1) is 5.92 Å². The van der Waals surface area contributed by atoms with Crippen molar-refractivity contribution in [3.63, 3.8) is 0 Å². The predicted molar refractivity (Wildman–Crippen MR) is 77.4 cm³/mol. The van der Waals surface area contributed by atoms with Gasteiger partial charge in [0.05, 0.1) is 17.1 Å². The molecule has 114 valence electrons. The molecule has 1 aromatic rings. The molecule has 0 aliphatic carbocycles. The van der Waals surface area contributed by atoms with E-state index in [9.17, 15) is 9.59 Å². The Morgan fingerprint density at radius 2 is 2.00 bits per heavy atom. The predicted octanol–water partition coefficient (Wildman–Crippen LogP) is 2.19. The third kappa shape index (κ3) is 3.50. The Hall–Kier alpha value is -1.69. The number of carboxylic acid groups (broad SMARTS) is 1. The minimum Gasteiger partial charge on any atom is -0.481 e. The van der Waals surface area contributed by atoms with Crippen molar-refractivity contribution in [1.82, 2.24) is 14.9 Å². The van der Waals surface area contributed by atoms with Crippen molar-refractivity contribution in [1.29, 1.82) is 0 Å². The Bertz CT molecular complexity index is 554. The van der Waals surface area contributed by atoms with Gasteiger partial charge in [-0.25, -0.2) is 9.97 Å². The molecule has 0 saturated carbocycles. The molecule has 0 radical (unpaired) electrons. The van der Waals surface area contributed by atoms with Crippen LogP contribution in [0.4, 0.5) is 0 Å². The molecule has 2 rings (SSSR count). The van der Waals surface area contributed by atoms with Gasteiger partial charge in [-0.3, -0.25) is 9.59 Å². The van der Waals surface area contributed by atoms with E-state index in [1.54, 1.807) is 4.90 Å². The van der Waals surface area contributed by atoms with Crippen LogP contribution >= 0.6 is 11.6 Å². The Kier molecular flexibility index (Phi) is 4.77. The maximum absolute atomic E-state index is 12.5. The van der Waals surface area contributed by atoms with E-state index >= 15 is 0 Å². The molecule has 1 aliphatic rings. The number of amides is 1. The van der Waals surface area contributed by atoms with Crippen molar-refractivity contribution in [2.75, 3.05) is 13.1 Å². The first-order chi connectivity index (χ1) is 9.90. The second-order valence-corrected chi connectivity index (χ2v) is 5.89. The molecule has 0 unspecified atom stereocenters. The van der Waals surface area contributed by atoms with E-state index < -0.39 is 5.97 Å². The number of rotatable bonds is 3. The number of carbonyl (C=O) groups excluding carboxylic acids is 1. The van der Waals surface area contributed by atoms with E-state index in [0.29, 0.717) is 31.8 Å². The summed E-state index contributed by atoms with van der Waals surface area (Å²) in [4.78, 5) is 33.4. The maximum atomic E-state index is 12.5. The van der Waals surface area contributed by atoms with E-state index in [2.05, 4.69) is 9.97 Å². The van der Waals surface area contributed by atoms with Crippen molar-refractivity contribution < 1.29 is 14.7 Å². The van der Waals surface area contributed by atoms with Crippen LogP contribution in [0.2, 0.25) is 5.02 Å². The van der Waals surface area contributed by atoms with Crippen LogP contribution in [-0.2, 0) is 4.79 Å². The second-order valence-electron chi connectivity index (χ2n) is 5.48. The molecule has 7 heteroatoms. The van der Waals surface area contributed by atoms with Gasteiger partial charge in [-0.2, -0.15) is 0 Å². The molecule has 2 heterocycles. The second kappa shape index (κ2) is 6.39. The minimum atomic E-state index is -0.802. The SMILES string of the molecule is CC(C)c1ncc(Cl)c(C(=O)N2CCC(C(=O)O)CC2)n1. The third-order valence-electron chi connectivity index (χ3n) is 3.61. The Morgan fingerprint density at radius 1 is 1.38 bits per heavy atom. The fourth-order valence-electron chi connectivity index (χ4n) is 2.29. The summed E-state index contributed by atoms with van der Waals surface area (Å²) in [6, 6.07) is 0. The van der Waals surface area contributed by atoms with Crippen molar-refractivity contribution in [3.8, 4) is 0 Å². The average molecular weight is 312 g/mol. The molecule has 1 aliphatic heterocycles. The normalized spacial score (nSPS) is 16.3. The number of hydrogen-bond donors (Lipinski definition) is 1. The van der Waals surface area contributed by atoms with Crippen LogP contribution in [0.5, 0.6) is 0 Å². The number of aliphatic carboxylic acids is 1. The van der Waals surface area contributed by atoms with Crippen LogP contribution in [0.1, 0.15) is 48.9 Å².